The van der Waals surface area contributed by atoms with Gasteiger partial charge in [0.1, 0.15) is 5.25 Å². The molecule has 106 valence electrons. The predicted molar refractivity (Wildman–Crippen MR) is 79.6 cm³/mol. The number of carbonyl (C=O) groups excluding carboxylic acids is 1. The zero-order valence-electron chi connectivity index (χ0n) is 10.7. The van der Waals surface area contributed by atoms with E-state index in [2.05, 4.69) is 4.99 Å². The van der Waals surface area contributed by atoms with Gasteiger partial charge in [-0.25, -0.2) is 4.99 Å². The number of hydrogen-bond acceptors (Lipinski definition) is 4. The van der Waals surface area contributed by atoms with E-state index in [1.807, 2.05) is 6.92 Å². The monoisotopic (exact) mass is 312 g/mol. The molecule has 1 fully saturated rings. The molecule has 0 aromatic heterocycles. The molecular weight excluding hydrogens is 300 g/mol. The number of halogens is 1. The molecule has 1 aliphatic rings. The lowest BCUT2D eigenvalue weighted by atomic mass is 10.2. The number of nitrogens with zero attached hydrogens (tertiary/aromatic N) is 2. The second kappa shape index (κ2) is 6.28. The van der Waals surface area contributed by atoms with Crippen LogP contribution in [0.15, 0.2) is 29.3 Å². The minimum Gasteiger partial charge on any atom is -0.480 e. The molecule has 7 heteroatoms. The molecule has 5 nitrogen and oxygen atoms in total. The van der Waals surface area contributed by atoms with Gasteiger partial charge in [-0.05, 0) is 31.2 Å². The van der Waals surface area contributed by atoms with Gasteiger partial charge in [0.25, 0.3) is 0 Å². The average Bonchev–Trinajstić information content (AvgIpc) is 2.41. The van der Waals surface area contributed by atoms with E-state index in [-0.39, 0.29) is 12.3 Å². The first-order valence-corrected chi connectivity index (χ1v) is 7.31. The molecule has 1 amide bonds. The van der Waals surface area contributed by atoms with Crippen LogP contribution in [0.4, 0.5) is 5.69 Å². The quantitative estimate of drug-likeness (QED) is 0.931. The highest BCUT2D eigenvalue weighted by atomic mass is 35.5. The number of amides is 1. The van der Waals surface area contributed by atoms with E-state index in [9.17, 15) is 9.59 Å². The van der Waals surface area contributed by atoms with Crippen LogP contribution >= 0.6 is 23.4 Å². The van der Waals surface area contributed by atoms with E-state index in [0.717, 1.165) is 11.8 Å². The van der Waals surface area contributed by atoms with Gasteiger partial charge in [0.2, 0.25) is 5.91 Å². The van der Waals surface area contributed by atoms with Crippen molar-refractivity contribution in [1.82, 2.24) is 4.90 Å². The summed E-state index contributed by atoms with van der Waals surface area (Å²) in [6, 6.07) is 6.83. The van der Waals surface area contributed by atoms with E-state index >= 15 is 0 Å². The number of thioether (sulfide) groups is 1. The fourth-order valence-electron chi connectivity index (χ4n) is 1.77. The van der Waals surface area contributed by atoms with Crippen LogP contribution in [-0.2, 0) is 9.59 Å². The van der Waals surface area contributed by atoms with Crippen LogP contribution in [0.2, 0.25) is 5.02 Å². The van der Waals surface area contributed by atoms with Gasteiger partial charge >= 0.3 is 5.97 Å². The van der Waals surface area contributed by atoms with Crippen LogP contribution in [0, 0.1) is 0 Å². The molecule has 1 saturated heterocycles. The molecule has 0 radical (unpaired) electrons. The highest BCUT2D eigenvalue weighted by Gasteiger charge is 2.34. The second-order valence-electron chi connectivity index (χ2n) is 4.16. The summed E-state index contributed by atoms with van der Waals surface area (Å²) < 4.78 is 0. The minimum atomic E-state index is -0.997. The lowest BCUT2D eigenvalue weighted by molar-refractivity contribution is -0.139. The molecular formula is C13H13ClN2O3S. The number of aliphatic imine (C=N–C) groups is 1. The van der Waals surface area contributed by atoms with Crippen LogP contribution < -0.4 is 0 Å². The molecule has 2 rings (SSSR count). The molecule has 1 aliphatic heterocycles. The maximum absolute atomic E-state index is 11.9. The lowest BCUT2D eigenvalue weighted by Gasteiger charge is -2.29. The van der Waals surface area contributed by atoms with E-state index in [1.165, 1.54) is 4.90 Å². The number of amidine groups is 1. The standard InChI is InChI=1S/C13H13ClN2O3S/c1-2-16-11(17)7-10(12(18)19)20-13(16)15-9-5-3-8(14)4-6-9/h3-6,10H,2,7H2,1H3,(H,18,19)/t10-/m1/s1. The Kier molecular flexibility index (Phi) is 4.67. The van der Waals surface area contributed by atoms with Gasteiger partial charge < -0.3 is 5.11 Å². The van der Waals surface area contributed by atoms with Crippen molar-refractivity contribution in [2.24, 2.45) is 4.99 Å². The van der Waals surface area contributed by atoms with Crippen molar-refractivity contribution < 1.29 is 14.7 Å². The summed E-state index contributed by atoms with van der Waals surface area (Å²) in [7, 11) is 0. The zero-order chi connectivity index (χ0) is 14.7. The Bertz CT molecular complexity index is 559. The summed E-state index contributed by atoms with van der Waals surface area (Å²) in [5, 5.41) is 9.30. The van der Waals surface area contributed by atoms with E-state index in [4.69, 9.17) is 16.7 Å². The SMILES string of the molecule is CCN1C(=O)C[C@H](C(=O)O)SC1=Nc1ccc(Cl)cc1. The Morgan fingerprint density at radius 2 is 2.15 bits per heavy atom. The first kappa shape index (κ1) is 14.9. The Balaban J connectivity index is 2.31. The zero-order valence-corrected chi connectivity index (χ0v) is 12.3. The molecule has 1 heterocycles. The van der Waals surface area contributed by atoms with Crippen molar-refractivity contribution in [3.8, 4) is 0 Å². The highest BCUT2D eigenvalue weighted by Crippen LogP contribution is 2.29. The summed E-state index contributed by atoms with van der Waals surface area (Å²) in [6.45, 7) is 2.29. The number of carbonyl (C=O) groups is 2. The van der Waals surface area contributed by atoms with Crippen molar-refractivity contribution in [3.63, 3.8) is 0 Å². The van der Waals surface area contributed by atoms with Crippen LogP contribution in [0.3, 0.4) is 0 Å². The van der Waals surface area contributed by atoms with Gasteiger partial charge in [0.15, 0.2) is 5.17 Å². The molecule has 1 aromatic rings. The van der Waals surface area contributed by atoms with E-state index in [0.29, 0.717) is 22.4 Å². The van der Waals surface area contributed by atoms with Gasteiger partial charge in [-0.15, -0.1) is 0 Å². The van der Waals surface area contributed by atoms with Crippen molar-refractivity contribution in [2.45, 2.75) is 18.6 Å². The Morgan fingerprint density at radius 3 is 2.70 bits per heavy atom. The fraction of sp³-hybridized carbons (Fsp3) is 0.308. The number of rotatable bonds is 3. The first-order valence-electron chi connectivity index (χ1n) is 6.05. The maximum Gasteiger partial charge on any atom is 0.317 e. The van der Waals surface area contributed by atoms with Crippen molar-refractivity contribution in [3.05, 3.63) is 29.3 Å². The highest BCUT2D eigenvalue weighted by molar-refractivity contribution is 8.15. The van der Waals surface area contributed by atoms with Crippen molar-refractivity contribution in [2.75, 3.05) is 6.54 Å². The molecule has 1 N–H and O–H groups in total. The summed E-state index contributed by atoms with van der Waals surface area (Å²) in [5.41, 5.74) is 0.634. The largest absolute Gasteiger partial charge is 0.480 e. The summed E-state index contributed by atoms with van der Waals surface area (Å²) in [4.78, 5) is 28.9. The molecule has 0 spiro atoms. The molecule has 1 aromatic carbocycles. The van der Waals surface area contributed by atoms with Gasteiger partial charge in [-0.1, -0.05) is 23.4 Å². The molecule has 0 saturated carbocycles. The first-order chi connectivity index (χ1) is 9.51. The molecule has 0 unspecified atom stereocenters. The summed E-state index contributed by atoms with van der Waals surface area (Å²) in [5.74, 6) is -1.21. The van der Waals surface area contributed by atoms with Crippen LogP contribution in [0.5, 0.6) is 0 Å². The predicted octanol–water partition coefficient (Wildman–Crippen LogP) is 2.77. The number of carboxylic acids is 1. The van der Waals surface area contributed by atoms with Crippen molar-refractivity contribution in [1.29, 1.82) is 0 Å². The molecule has 1 atom stereocenters. The number of hydrogen-bond donors (Lipinski definition) is 1. The number of benzene rings is 1. The minimum absolute atomic E-state index is 0.00647. The van der Waals surface area contributed by atoms with Gasteiger partial charge in [0, 0.05) is 11.6 Å². The van der Waals surface area contributed by atoms with Crippen LogP contribution in [0.1, 0.15) is 13.3 Å². The number of carboxylic acid groups (broad SMARTS) is 1. The molecule has 0 aliphatic carbocycles. The third-order valence-electron chi connectivity index (χ3n) is 2.78. The smallest absolute Gasteiger partial charge is 0.317 e. The lowest BCUT2D eigenvalue weighted by Crippen LogP contribution is -2.43. The fourth-order valence-corrected chi connectivity index (χ4v) is 2.99. The van der Waals surface area contributed by atoms with E-state index < -0.39 is 11.2 Å². The Labute approximate surface area is 125 Å². The number of aliphatic carboxylic acids is 1. The Morgan fingerprint density at radius 1 is 1.50 bits per heavy atom. The normalized spacial score (nSPS) is 21.3. The van der Waals surface area contributed by atoms with Gasteiger partial charge in [0.05, 0.1) is 12.1 Å². The third-order valence-corrected chi connectivity index (χ3v) is 4.21. The summed E-state index contributed by atoms with van der Waals surface area (Å²) in [6.07, 6.45) is -0.00647. The Hall–Kier alpha value is -1.53. The van der Waals surface area contributed by atoms with Crippen molar-refractivity contribution >= 4 is 46.1 Å². The van der Waals surface area contributed by atoms with Crippen LogP contribution in [-0.4, -0.2) is 38.8 Å². The third kappa shape index (κ3) is 3.32. The maximum atomic E-state index is 11.9. The van der Waals surface area contributed by atoms with Crippen LogP contribution in [0.25, 0.3) is 0 Å². The topological polar surface area (TPSA) is 70.0 Å². The average molecular weight is 313 g/mol. The second-order valence-corrected chi connectivity index (χ2v) is 5.76. The van der Waals surface area contributed by atoms with Gasteiger partial charge in [-0.2, -0.15) is 0 Å². The van der Waals surface area contributed by atoms with Gasteiger partial charge in [-0.3, -0.25) is 14.5 Å². The van der Waals surface area contributed by atoms with E-state index in [1.54, 1.807) is 24.3 Å². The molecule has 20 heavy (non-hydrogen) atoms. The summed E-state index contributed by atoms with van der Waals surface area (Å²) >= 11 is 6.90. The molecule has 0 bridgehead atoms.